The van der Waals surface area contributed by atoms with Gasteiger partial charge in [0, 0.05) is 52.5 Å². The zero-order chi connectivity index (χ0) is 26.1. The van der Waals surface area contributed by atoms with Gasteiger partial charge in [-0.3, -0.25) is 23.7 Å². The molecular formula is C18H28Cl2NO12P. The molecule has 0 aromatic rings. The fraction of sp³-hybridized carbons (Fsp3) is 0.778. The molecule has 0 aromatic carbocycles. The van der Waals surface area contributed by atoms with E-state index in [9.17, 15) is 28.6 Å². The highest BCUT2D eigenvalue weighted by atomic mass is 35.5. The Kier molecular flexibility index (Phi) is 12.7. The Labute approximate surface area is 206 Å². The lowest BCUT2D eigenvalue weighted by Crippen LogP contribution is -2.62. The van der Waals surface area contributed by atoms with Crippen LogP contribution in [0.25, 0.3) is 0 Å². The largest absolute Gasteiger partial charge is 0.463 e. The smallest absolute Gasteiger partial charge is 0.408 e. The minimum atomic E-state index is -4.67. The second-order valence-corrected chi connectivity index (χ2v) is 9.51. The van der Waals surface area contributed by atoms with Gasteiger partial charge >= 0.3 is 31.6 Å². The zero-order valence-electron chi connectivity index (χ0n) is 19.0. The Morgan fingerprint density at radius 2 is 1.32 bits per heavy atom. The lowest BCUT2D eigenvalue weighted by atomic mass is 9.98. The van der Waals surface area contributed by atoms with Crippen molar-refractivity contribution >= 4 is 54.8 Å². The minimum Gasteiger partial charge on any atom is -0.463 e. The first-order valence-electron chi connectivity index (χ1n) is 10.0. The average Bonchev–Trinajstić information content (AvgIpc) is 2.69. The van der Waals surface area contributed by atoms with Gasteiger partial charge in [0.2, 0.25) is 6.29 Å². The summed E-state index contributed by atoms with van der Waals surface area (Å²) in [6, 6.07) is 0. The number of carbonyl (C=O) groups excluding carboxylic acids is 4. The van der Waals surface area contributed by atoms with Crippen molar-refractivity contribution in [2.45, 2.75) is 58.4 Å². The maximum Gasteiger partial charge on any atom is 0.408 e. The third-order valence-electron chi connectivity index (χ3n) is 4.23. The molecule has 0 bridgehead atoms. The van der Waals surface area contributed by atoms with Gasteiger partial charge in [0.25, 0.3) is 0 Å². The van der Waals surface area contributed by atoms with Gasteiger partial charge in [0.1, 0.15) is 12.7 Å². The van der Waals surface area contributed by atoms with Crippen LogP contribution >= 0.6 is 30.9 Å². The molecule has 1 heterocycles. The van der Waals surface area contributed by atoms with Gasteiger partial charge in [0.15, 0.2) is 18.3 Å². The van der Waals surface area contributed by atoms with E-state index in [2.05, 4.69) is 0 Å². The van der Waals surface area contributed by atoms with Crippen LogP contribution in [0.4, 0.5) is 0 Å². The number of ether oxygens (including phenoxy) is 5. The van der Waals surface area contributed by atoms with Crippen LogP contribution in [-0.4, -0.2) is 95.6 Å². The van der Waals surface area contributed by atoms with Crippen LogP contribution in [-0.2, 0) is 52.0 Å². The normalized spacial score (nSPS) is 26.3. The summed E-state index contributed by atoms with van der Waals surface area (Å²) < 4.78 is 45.5. The number of halogens is 2. The molecule has 1 N–H and O–H groups in total. The Bertz CT molecular complexity index is 778. The summed E-state index contributed by atoms with van der Waals surface area (Å²) in [5.41, 5.74) is 0. The van der Waals surface area contributed by atoms with Crippen LogP contribution in [0.2, 0.25) is 0 Å². The van der Waals surface area contributed by atoms with Crippen LogP contribution in [0.5, 0.6) is 0 Å². The van der Waals surface area contributed by atoms with Crippen molar-refractivity contribution in [3.05, 3.63) is 0 Å². The topological polar surface area (TPSA) is 164 Å². The van der Waals surface area contributed by atoms with Crippen molar-refractivity contribution in [3.63, 3.8) is 0 Å². The summed E-state index contributed by atoms with van der Waals surface area (Å²) in [6.07, 6.45) is -7.76. The van der Waals surface area contributed by atoms with Crippen LogP contribution in [0.1, 0.15) is 27.7 Å². The van der Waals surface area contributed by atoms with Crippen molar-refractivity contribution in [1.29, 1.82) is 0 Å². The molecular weight excluding hydrogens is 524 g/mol. The summed E-state index contributed by atoms with van der Waals surface area (Å²) in [6.45, 7) is 3.55. The molecule has 6 unspecified atom stereocenters. The average molecular weight is 552 g/mol. The van der Waals surface area contributed by atoms with Crippen LogP contribution in [0.15, 0.2) is 0 Å². The molecule has 1 aliphatic heterocycles. The molecule has 34 heavy (non-hydrogen) atoms. The molecule has 1 rings (SSSR count). The number of rotatable bonds is 12. The second-order valence-electron chi connectivity index (χ2n) is 7.00. The molecule has 6 atom stereocenters. The number of nitrogens with zero attached hydrogens (tertiary/aromatic N) is 1. The van der Waals surface area contributed by atoms with Gasteiger partial charge in [-0.15, -0.1) is 23.2 Å². The highest BCUT2D eigenvalue weighted by molar-refractivity contribution is 7.50. The molecule has 1 saturated heterocycles. The Morgan fingerprint density at radius 1 is 0.853 bits per heavy atom. The molecule has 1 aliphatic rings. The molecule has 0 spiro atoms. The summed E-state index contributed by atoms with van der Waals surface area (Å²) in [4.78, 5) is 57.2. The van der Waals surface area contributed by atoms with Gasteiger partial charge < -0.3 is 28.6 Å². The molecule has 13 nitrogen and oxygen atoms in total. The second kappa shape index (κ2) is 14.2. The van der Waals surface area contributed by atoms with Gasteiger partial charge in [-0.1, -0.05) is 0 Å². The lowest BCUT2D eigenvalue weighted by molar-refractivity contribution is -0.290. The third-order valence-corrected chi connectivity index (χ3v) is 6.17. The van der Waals surface area contributed by atoms with E-state index in [1.54, 1.807) is 0 Å². The molecule has 0 aliphatic carbocycles. The summed E-state index contributed by atoms with van der Waals surface area (Å²) in [5, 5.41) is 0. The predicted octanol–water partition coefficient (Wildman–Crippen LogP) is 0.966. The fourth-order valence-corrected chi connectivity index (χ4v) is 4.96. The quantitative estimate of drug-likeness (QED) is 0.158. The van der Waals surface area contributed by atoms with E-state index in [1.165, 1.54) is 0 Å². The van der Waals surface area contributed by atoms with E-state index >= 15 is 0 Å². The Hall–Kier alpha value is -1.47. The summed E-state index contributed by atoms with van der Waals surface area (Å²) in [5.74, 6) is -3.35. The lowest BCUT2D eigenvalue weighted by Gasteiger charge is -2.44. The van der Waals surface area contributed by atoms with Crippen LogP contribution in [0.3, 0.4) is 0 Å². The van der Waals surface area contributed by atoms with Gasteiger partial charge in [-0.05, 0) is 0 Å². The first-order valence-corrected chi connectivity index (χ1v) is 12.6. The Balaban J connectivity index is 3.45. The molecule has 196 valence electrons. The third kappa shape index (κ3) is 9.65. The predicted molar refractivity (Wildman–Crippen MR) is 116 cm³/mol. The van der Waals surface area contributed by atoms with E-state index < -0.39 is 68.9 Å². The monoisotopic (exact) mass is 551 g/mol. The first-order chi connectivity index (χ1) is 15.8. The standard InChI is InChI=1S/C18H28Cl2NO12P/c1-10(22)28-9-14-15(29-11(2)23)16(30-12(3)24)17(31-13(4)25)18(32-14)33-34(26,27)21(7-5-19)8-6-20/h14-18H,5-9H2,1-4H3,(H,26,27). The number of alkyl halides is 2. The fourth-order valence-electron chi connectivity index (χ4n) is 3.04. The van der Waals surface area contributed by atoms with Crippen molar-refractivity contribution in [1.82, 2.24) is 4.67 Å². The number of hydrogen-bond donors (Lipinski definition) is 1. The van der Waals surface area contributed by atoms with E-state index in [1.807, 2.05) is 0 Å². The van der Waals surface area contributed by atoms with E-state index in [0.717, 1.165) is 32.4 Å². The molecule has 0 amide bonds. The number of hydrogen-bond acceptors (Lipinski definition) is 11. The molecule has 0 radical (unpaired) electrons. The highest BCUT2D eigenvalue weighted by Gasteiger charge is 2.54. The van der Waals surface area contributed by atoms with Crippen molar-refractivity contribution in [2.24, 2.45) is 0 Å². The van der Waals surface area contributed by atoms with Gasteiger partial charge in [-0.25, -0.2) is 9.24 Å². The summed E-state index contributed by atoms with van der Waals surface area (Å²) in [7, 11) is -4.67. The van der Waals surface area contributed by atoms with Crippen molar-refractivity contribution in [2.75, 3.05) is 31.5 Å². The number of esters is 4. The maximum absolute atomic E-state index is 13.0. The first kappa shape index (κ1) is 30.6. The molecule has 0 aromatic heterocycles. The number of carbonyl (C=O) groups is 4. The minimum absolute atomic E-state index is 0.0383. The van der Waals surface area contributed by atoms with Crippen LogP contribution < -0.4 is 0 Å². The van der Waals surface area contributed by atoms with E-state index in [0.29, 0.717) is 0 Å². The maximum atomic E-state index is 13.0. The highest BCUT2D eigenvalue weighted by Crippen LogP contribution is 2.49. The van der Waals surface area contributed by atoms with Crippen LogP contribution in [0, 0.1) is 0 Å². The zero-order valence-corrected chi connectivity index (χ0v) is 21.4. The van der Waals surface area contributed by atoms with Crippen molar-refractivity contribution < 1.29 is 56.8 Å². The SMILES string of the molecule is CC(=O)OCC1OC(OP(=O)(O)N(CCCl)CCCl)C(OC(C)=O)C(OC(C)=O)C1OC(C)=O. The summed E-state index contributed by atoms with van der Waals surface area (Å²) >= 11 is 11.4. The van der Waals surface area contributed by atoms with E-state index in [-0.39, 0.29) is 24.8 Å². The molecule has 0 saturated carbocycles. The molecule has 1 fully saturated rings. The Morgan fingerprint density at radius 3 is 1.76 bits per heavy atom. The van der Waals surface area contributed by atoms with E-state index in [4.69, 9.17) is 51.4 Å². The molecule has 16 heteroatoms. The van der Waals surface area contributed by atoms with Gasteiger partial charge in [-0.2, -0.15) is 0 Å². The van der Waals surface area contributed by atoms with Crippen molar-refractivity contribution in [3.8, 4) is 0 Å². The van der Waals surface area contributed by atoms with Gasteiger partial charge in [0.05, 0.1) is 0 Å².